The van der Waals surface area contributed by atoms with Gasteiger partial charge in [0.15, 0.2) is 27.3 Å². The van der Waals surface area contributed by atoms with E-state index in [0.29, 0.717) is 18.0 Å². The summed E-state index contributed by atoms with van der Waals surface area (Å²) in [6, 6.07) is 3.66. The van der Waals surface area contributed by atoms with Gasteiger partial charge in [-0.05, 0) is 24.3 Å². The quantitative estimate of drug-likeness (QED) is 0.580. The summed E-state index contributed by atoms with van der Waals surface area (Å²) < 4.78 is 92.0. The van der Waals surface area contributed by atoms with Crippen LogP contribution < -0.4 is 0 Å². The van der Waals surface area contributed by atoms with Crippen LogP contribution in [-0.2, 0) is 23.1 Å². The third-order valence-electron chi connectivity index (χ3n) is 4.31. The molecule has 2 aromatic heterocycles. The Hall–Kier alpha value is -2.82. The molecule has 5 nitrogen and oxygen atoms in total. The van der Waals surface area contributed by atoms with Crippen LogP contribution in [0.2, 0.25) is 0 Å². The third-order valence-corrected chi connectivity index (χ3v) is 6.05. The van der Waals surface area contributed by atoms with Gasteiger partial charge in [-0.15, -0.1) is 0 Å². The van der Waals surface area contributed by atoms with Gasteiger partial charge in [0.25, 0.3) is 0 Å². The molecule has 0 saturated carbocycles. The van der Waals surface area contributed by atoms with Gasteiger partial charge < -0.3 is 4.57 Å². The average Bonchev–Trinajstić information content (AvgIpc) is 3.04. The van der Waals surface area contributed by atoms with E-state index in [1.807, 2.05) is 0 Å². The van der Waals surface area contributed by atoms with Gasteiger partial charge in [0.05, 0.1) is 28.1 Å². The van der Waals surface area contributed by atoms with E-state index in [1.165, 1.54) is 30.8 Å². The number of alkyl halides is 3. The smallest absolute Gasteiger partial charge is 0.326 e. The maximum Gasteiger partial charge on any atom is 0.417 e. The summed E-state index contributed by atoms with van der Waals surface area (Å²) in [6.07, 6.45) is -2.98. The second kappa shape index (κ2) is 7.21. The Kier molecular flexibility index (Phi) is 5.20. The molecule has 0 spiro atoms. The first-order valence-corrected chi connectivity index (χ1v) is 9.88. The van der Waals surface area contributed by atoms with Crippen molar-refractivity contribution in [3.05, 3.63) is 53.9 Å². The minimum absolute atomic E-state index is 0.0366. The lowest BCUT2D eigenvalue weighted by Gasteiger charge is -2.13. The van der Waals surface area contributed by atoms with Gasteiger partial charge in [-0.1, -0.05) is 6.92 Å². The topological polar surface area (TPSA) is 64.8 Å². The molecule has 0 aliphatic carbocycles. The molecule has 0 bridgehead atoms. The molecule has 0 radical (unpaired) electrons. The molecular formula is C18H14F5N3O2S. The maximum atomic E-state index is 13.5. The first kappa shape index (κ1) is 20.9. The van der Waals surface area contributed by atoms with Crippen LogP contribution in [0, 0.1) is 11.6 Å². The lowest BCUT2D eigenvalue weighted by Crippen LogP contribution is -2.13. The summed E-state index contributed by atoms with van der Waals surface area (Å²) in [5.74, 6) is -2.61. The molecule has 3 rings (SSSR count). The minimum atomic E-state index is -4.78. The van der Waals surface area contributed by atoms with Crippen molar-refractivity contribution >= 4 is 9.84 Å². The summed E-state index contributed by atoms with van der Waals surface area (Å²) in [6.45, 7) is 1.30. The Morgan fingerprint density at radius 2 is 1.72 bits per heavy atom. The van der Waals surface area contributed by atoms with Crippen molar-refractivity contribution in [3.8, 4) is 22.8 Å². The monoisotopic (exact) mass is 431 g/mol. The van der Waals surface area contributed by atoms with Gasteiger partial charge in [-0.3, -0.25) is 4.98 Å². The van der Waals surface area contributed by atoms with Gasteiger partial charge in [0.1, 0.15) is 5.69 Å². The van der Waals surface area contributed by atoms with Crippen molar-refractivity contribution in [1.29, 1.82) is 0 Å². The van der Waals surface area contributed by atoms with Crippen LogP contribution in [0.5, 0.6) is 0 Å². The predicted octanol–water partition coefficient (Wildman–Crippen LogP) is 4.24. The minimum Gasteiger partial charge on any atom is -0.326 e. The van der Waals surface area contributed by atoms with Crippen LogP contribution in [0.25, 0.3) is 22.8 Å². The molecule has 0 N–H and O–H groups in total. The highest BCUT2D eigenvalue weighted by atomic mass is 32.2. The number of aromatic nitrogens is 3. The van der Waals surface area contributed by atoms with Gasteiger partial charge in [-0.2, -0.15) is 13.2 Å². The second-order valence-electron chi connectivity index (χ2n) is 6.13. The van der Waals surface area contributed by atoms with E-state index < -0.39 is 43.9 Å². The van der Waals surface area contributed by atoms with Gasteiger partial charge in [-0.25, -0.2) is 22.2 Å². The number of hydrogen-bond donors (Lipinski definition) is 0. The van der Waals surface area contributed by atoms with E-state index in [9.17, 15) is 30.4 Å². The molecule has 0 fully saturated rings. The lowest BCUT2D eigenvalue weighted by atomic mass is 10.1. The van der Waals surface area contributed by atoms with Crippen LogP contribution in [0.4, 0.5) is 22.0 Å². The Morgan fingerprint density at radius 1 is 1.03 bits per heavy atom. The van der Waals surface area contributed by atoms with Crippen molar-refractivity contribution in [2.24, 2.45) is 7.05 Å². The van der Waals surface area contributed by atoms with Crippen molar-refractivity contribution in [2.45, 2.75) is 18.0 Å². The number of pyridine rings is 1. The summed E-state index contributed by atoms with van der Waals surface area (Å²) in [4.78, 5) is 7.16. The molecule has 0 atom stereocenters. The third kappa shape index (κ3) is 3.86. The molecule has 1 aromatic carbocycles. The molecule has 0 aliphatic rings. The number of halogens is 5. The molecule has 0 saturated heterocycles. The van der Waals surface area contributed by atoms with E-state index >= 15 is 0 Å². The van der Waals surface area contributed by atoms with E-state index in [2.05, 4.69) is 9.97 Å². The van der Waals surface area contributed by atoms with Crippen molar-refractivity contribution in [1.82, 2.24) is 14.5 Å². The highest BCUT2D eigenvalue weighted by Crippen LogP contribution is 2.35. The molecule has 11 heteroatoms. The first-order valence-electron chi connectivity index (χ1n) is 8.23. The summed E-state index contributed by atoms with van der Waals surface area (Å²) in [7, 11) is -2.61. The zero-order valence-electron chi connectivity index (χ0n) is 15.1. The molecule has 0 unspecified atom stereocenters. The predicted molar refractivity (Wildman–Crippen MR) is 94.5 cm³/mol. The molecule has 29 heavy (non-hydrogen) atoms. The standard InChI is InChI=1S/C18H14F5N3O2S/c1-3-29(27,28)15-7-11(18(21,22)23)8-24-16(15)17-25-9-14(26(17)2)10-4-5-12(19)13(20)6-10/h4-9H,3H2,1-2H3. The highest BCUT2D eigenvalue weighted by Gasteiger charge is 2.34. The summed E-state index contributed by atoms with van der Waals surface area (Å²) in [5.41, 5.74) is -0.933. The molecule has 3 aromatic rings. The largest absolute Gasteiger partial charge is 0.417 e. The fourth-order valence-corrected chi connectivity index (χ4v) is 3.77. The van der Waals surface area contributed by atoms with E-state index in [0.717, 1.165) is 12.1 Å². The van der Waals surface area contributed by atoms with Crippen LogP contribution >= 0.6 is 0 Å². The number of sulfone groups is 1. The maximum absolute atomic E-state index is 13.5. The van der Waals surface area contributed by atoms with E-state index in [-0.39, 0.29) is 17.1 Å². The van der Waals surface area contributed by atoms with Gasteiger partial charge >= 0.3 is 6.18 Å². The highest BCUT2D eigenvalue weighted by molar-refractivity contribution is 7.91. The lowest BCUT2D eigenvalue weighted by molar-refractivity contribution is -0.138. The SMILES string of the molecule is CCS(=O)(=O)c1cc(C(F)(F)F)cnc1-c1ncc(-c2ccc(F)c(F)c2)n1C. The molecule has 154 valence electrons. The fraction of sp³-hybridized carbons (Fsp3) is 0.222. The molecule has 0 amide bonds. The molecule has 0 aliphatic heterocycles. The van der Waals surface area contributed by atoms with Crippen LogP contribution in [0.1, 0.15) is 12.5 Å². The number of rotatable bonds is 4. The zero-order chi connectivity index (χ0) is 21.6. The number of benzene rings is 1. The summed E-state index contributed by atoms with van der Waals surface area (Å²) >= 11 is 0. The van der Waals surface area contributed by atoms with Crippen LogP contribution in [0.3, 0.4) is 0 Å². The Morgan fingerprint density at radius 3 is 2.31 bits per heavy atom. The Balaban J connectivity index is 2.21. The zero-order valence-corrected chi connectivity index (χ0v) is 15.9. The van der Waals surface area contributed by atoms with Gasteiger partial charge in [0, 0.05) is 18.8 Å². The van der Waals surface area contributed by atoms with E-state index in [1.54, 1.807) is 0 Å². The normalized spacial score (nSPS) is 12.4. The Labute approximate surface area is 162 Å². The molecular weight excluding hydrogens is 417 g/mol. The van der Waals surface area contributed by atoms with Crippen molar-refractivity contribution in [2.75, 3.05) is 5.75 Å². The summed E-state index contributed by atoms with van der Waals surface area (Å²) in [5, 5.41) is 0. The van der Waals surface area contributed by atoms with Crippen molar-refractivity contribution < 1.29 is 30.4 Å². The number of hydrogen-bond acceptors (Lipinski definition) is 4. The van der Waals surface area contributed by atoms with E-state index in [4.69, 9.17) is 0 Å². The number of imidazole rings is 1. The Bertz CT molecular complexity index is 1190. The van der Waals surface area contributed by atoms with Crippen LogP contribution in [0.15, 0.2) is 41.6 Å². The number of nitrogens with zero attached hydrogens (tertiary/aromatic N) is 3. The molecule has 2 heterocycles. The van der Waals surface area contributed by atoms with Gasteiger partial charge in [0.2, 0.25) is 0 Å². The average molecular weight is 431 g/mol. The van der Waals surface area contributed by atoms with Crippen LogP contribution in [-0.4, -0.2) is 28.7 Å². The second-order valence-corrected chi connectivity index (χ2v) is 8.37. The van der Waals surface area contributed by atoms with Crippen molar-refractivity contribution in [3.63, 3.8) is 0 Å². The fourth-order valence-electron chi connectivity index (χ4n) is 2.71. The first-order chi connectivity index (χ1) is 13.5.